The predicted octanol–water partition coefficient (Wildman–Crippen LogP) is 3.82. The topological polar surface area (TPSA) is 88.9 Å². The zero-order chi connectivity index (χ0) is 20.0. The predicted molar refractivity (Wildman–Crippen MR) is 111 cm³/mol. The minimum Gasteiger partial charge on any atom is -0.492 e. The van der Waals surface area contributed by atoms with Gasteiger partial charge in [-0.05, 0) is 24.3 Å². The van der Waals surface area contributed by atoms with E-state index in [2.05, 4.69) is 20.7 Å². The monoisotopic (exact) mass is 392 g/mol. The number of carbonyl (C=O) groups excluding carboxylic acids is 1. The first-order valence-electron chi connectivity index (χ1n) is 9.48. The lowest BCUT2D eigenvalue weighted by Gasteiger charge is -2.26. The summed E-state index contributed by atoms with van der Waals surface area (Å²) in [7, 11) is 0. The number of urea groups is 1. The van der Waals surface area contributed by atoms with Crippen LogP contribution in [-0.2, 0) is 10.2 Å². The Morgan fingerprint density at radius 2 is 1.93 bits per heavy atom. The number of rotatable bonds is 6. The molecule has 8 nitrogen and oxygen atoms in total. The maximum atomic E-state index is 12.1. The first-order chi connectivity index (χ1) is 13.4. The molecule has 2 N–H and O–H groups in total. The van der Waals surface area contributed by atoms with Gasteiger partial charge in [-0.25, -0.2) is 4.79 Å². The number of nitrogens with one attached hydrogen (secondary N) is 2. The second-order valence-corrected chi connectivity index (χ2v) is 7.73. The van der Waals surface area contributed by atoms with Crippen molar-refractivity contribution in [2.75, 3.05) is 50.1 Å². The van der Waals surface area contributed by atoms with E-state index >= 15 is 0 Å². The lowest BCUT2D eigenvalue weighted by atomic mass is 9.92. The fraction of sp³-hybridized carbons (Fsp3) is 0.500. The highest BCUT2D eigenvalue weighted by Gasteiger charge is 2.19. The molecule has 156 valence electrons. The molecule has 0 radical (unpaired) electrons. The lowest BCUT2D eigenvalue weighted by molar-refractivity contribution is 0.0322. The first-order valence-corrected chi connectivity index (χ1v) is 9.48. The average molecular weight is 393 g/mol. The summed E-state index contributed by atoms with van der Waals surface area (Å²) in [5, 5.41) is 9.38. The molecule has 0 unspecified atom stereocenters. The third-order valence-electron chi connectivity index (χ3n) is 4.41. The molecule has 3 rings (SSSR count). The maximum Gasteiger partial charge on any atom is 0.326 e. The molecule has 8 heteroatoms. The molecular weight excluding hydrogens is 360 g/mol. The Kier molecular flexibility index (Phi) is 6.53. The van der Waals surface area contributed by atoms with E-state index in [4.69, 9.17) is 14.0 Å². The number of amides is 2. The first kappa shape index (κ1) is 20.2. The molecule has 1 aliphatic rings. The van der Waals surface area contributed by atoms with Crippen LogP contribution in [0.5, 0.6) is 5.75 Å². The molecule has 28 heavy (non-hydrogen) atoms. The average Bonchev–Trinajstić information content (AvgIpc) is 3.13. The Hall–Kier alpha value is -2.58. The number of nitrogens with zero attached hydrogens (tertiary/aromatic N) is 2. The van der Waals surface area contributed by atoms with Gasteiger partial charge in [0.25, 0.3) is 0 Å². The summed E-state index contributed by atoms with van der Waals surface area (Å²) in [5.41, 5.74) is 1.30. The number of benzene rings is 1. The van der Waals surface area contributed by atoms with Crippen molar-refractivity contribution in [3.8, 4) is 5.75 Å². The van der Waals surface area contributed by atoms with E-state index < -0.39 is 6.03 Å². The van der Waals surface area contributed by atoms with E-state index in [1.807, 2.05) is 32.9 Å². The summed E-state index contributed by atoms with van der Waals surface area (Å²) >= 11 is 0. The number of carbonyl (C=O) groups is 1. The third kappa shape index (κ3) is 5.97. The van der Waals surface area contributed by atoms with E-state index in [0.717, 1.165) is 44.3 Å². The summed E-state index contributed by atoms with van der Waals surface area (Å²) in [6.45, 7) is 11.0. The van der Waals surface area contributed by atoms with Gasteiger partial charge < -0.3 is 19.3 Å². The maximum absolute atomic E-state index is 12.1. The van der Waals surface area contributed by atoms with Crippen LogP contribution in [0.15, 0.2) is 34.9 Å². The molecule has 1 aromatic carbocycles. The minimum atomic E-state index is -0.391. The SMILES string of the molecule is CC(C)(C)c1cc(NC(=O)Nc2ccc(OCCN3CCOCC3)cc2)on1.[HH].[HH]. The molecule has 0 atom stereocenters. The highest BCUT2D eigenvalue weighted by Crippen LogP contribution is 2.23. The second kappa shape index (κ2) is 9.07. The van der Waals surface area contributed by atoms with E-state index in [0.29, 0.717) is 18.2 Å². The molecule has 2 amide bonds. The van der Waals surface area contributed by atoms with Gasteiger partial charge in [-0.3, -0.25) is 10.2 Å². The smallest absolute Gasteiger partial charge is 0.326 e. The molecule has 0 saturated carbocycles. The standard InChI is InChI=1S/C20H28N4O4.2H2/c1-20(2,3)17-14-18(28-23-17)22-19(25)21-15-4-6-16(7-5-15)27-13-10-24-8-11-26-12-9-24;;/h4-7,14H,8-13H2,1-3H3,(H2,21,22,25);2*1H. The van der Waals surface area contributed by atoms with Crippen molar-refractivity contribution in [1.29, 1.82) is 0 Å². The lowest BCUT2D eigenvalue weighted by Crippen LogP contribution is -2.38. The van der Waals surface area contributed by atoms with Gasteiger partial charge in [-0.1, -0.05) is 25.9 Å². The van der Waals surface area contributed by atoms with E-state index in [1.54, 1.807) is 18.2 Å². The van der Waals surface area contributed by atoms with Crippen LogP contribution in [0.25, 0.3) is 0 Å². The zero-order valence-corrected chi connectivity index (χ0v) is 16.7. The normalized spacial score (nSPS) is 15.2. The van der Waals surface area contributed by atoms with Gasteiger partial charge in [0.2, 0.25) is 5.88 Å². The van der Waals surface area contributed by atoms with Gasteiger partial charge >= 0.3 is 6.03 Å². The summed E-state index contributed by atoms with van der Waals surface area (Å²) in [5.74, 6) is 1.08. The van der Waals surface area contributed by atoms with Crippen LogP contribution in [0, 0.1) is 0 Å². The molecule has 2 aromatic rings. The molecule has 0 aliphatic carbocycles. The quantitative estimate of drug-likeness (QED) is 0.777. The molecule has 0 spiro atoms. The number of hydrogen-bond donors (Lipinski definition) is 2. The van der Waals surface area contributed by atoms with Gasteiger partial charge in [0.1, 0.15) is 12.4 Å². The number of ether oxygens (including phenoxy) is 2. The molecule has 1 aliphatic heterocycles. The highest BCUT2D eigenvalue weighted by molar-refractivity contribution is 5.98. The van der Waals surface area contributed by atoms with Crippen LogP contribution in [0.3, 0.4) is 0 Å². The van der Waals surface area contributed by atoms with Crippen molar-refractivity contribution in [2.45, 2.75) is 26.2 Å². The summed E-state index contributed by atoms with van der Waals surface area (Å²) in [6.07, 6.45) is 0. The van der Waals surface area contributed by atoms with Crippen LogP contribution in [-0.4, -0.2) is 55.5 Å². The molecule has 1 aromatic heterocycles. The molecule has 0 bridgehead atoms. The van der Waals surface area contributed by atoms with Crippen molar-refractivity contribution in [1.82, 2.24) is 10.1 Å². The van der Waals surface area contributed by atoms with Crippen LogP contribution < -0.4 is 15.4 Å². The van der Waals surface area contributed by atoms with E-state index in [1.165, 1.54) is 0 Å². The van der Waals surface area contributed by atoms with Crippen LogP contribution >= 0.6 is 0 Å². The number of anilines is 2. The second-order valence-electron chi connectivity index (χ2n) is 7.73. The van der Waals surface area contributed by atoms with E-state index in [9.17, 15) is 4.79 Å². The fourth-order valence-corrected chi connectivity index (χ4v) is 2.71. The van der Waals surface area contributed by atoms with Crippen molar-refractivity contribution >= 4 is 17.6 Å². The van der Waals surface area contributed by atoms with Crippen molar-refractivity contribution in [3.05, 3.63) is 36.0 Å². The Morgan fingerprint density at radius 3 is 2.57 bits per heavy atom. The van der Waals surface area contributed by atoms with Gasteiger partial charge in [0, 0.05) is 39.7 Å². The van der Waals surface area contributed by atoms with Crippen LogP contribution in [0.4, 0.5) is 16.4 Å². The number of aromatic nitrogens is 1. The Labute approximate surface area is 168 Å². The minimum absolute atomic E-state index is 0. The molecular formula is C20H32N4O4. The van der Waals surface area contributed by atoms with Crippen molar-refractivity contribution < 1.29 is 21.6 Å². The summed E-state index contributed by atoms with van der Waals surface area (Å²) < 4.78 is 16.3. The van der Waals surface area contributed by atoms with Crippen LogP contribution in [0.2, 0.25) is 0 Å². The van der Waals surface area contributed by atoms with Crippen molar-refractivity contribution in [3.63, 3.8) is 0 Å². The Morgan fingerprint density at radius 1 is 1.21 bits per heavy atom. The van der Waals surface area contributed by atoms with Crippen LogP contribution in [0.1, 0.15) is 29.3 Å². The third-order valence-corrected chi connectivity index (χ3v) is 4.41. The molecule has 1 saturated heterocycles. The van der Waals surface area contributed by atoms with Gasteiger partial charge in [-0.15, -0.1) is 0 Å². The largest absolute Gasteiger partial charge is 0.492 e. The van der Waals surface area contributed by atoms with E-state index in [-0.39, 0.29) is 8.27 Å². The number of morpholine rings is 1. The van der Waals surface area contributed by atoms with Gasteiger partial charge in [-0.2, -0.15) is 0 Å². The Bertz CT molecular complexity index is 772. The summed E-state index contributed by atoms with van der Waals surface area (Å²) in [4.78, 5) is 14.4. The summed E-state index contributed by atoms with van der Waals surface area (Å²) in [6, 6.07) is 8.60. The number of hydrogen-bond acceptors (Lipinski definition) is 6. The fourth-order valence-electron chi connectivity index (χ4n) is 2.71. The molecule has 1 fully saturated rings. The van der Waals surface area contributed by atoms with Gasteiger partial charge in [0.05, 0.1) is 18.9 Å². The van der Waals surface area contributed by atoms with Crippen molar-refractivity contribution in [2.24, 2.45) is 0 Å². The Balaban J connectivity index is 0.00000225. The highest BCUT2D eigenvalue weighted by atomic mass is 16.5. The van der Waals surface area contributed by atoms with Gasteiger partial charge in [0.15, 0.2) is 0 Å². The zero-order valence-electron chi connectivity index (χ0n) is 16.7. The molecule has 2 heterocycles.